The smallest absolute Gasteiger partial charge is 0.136 e. The van der Waals surface area contributed by atoms with Crippen molar-refractivity contribution in [3.05, 3.63) is 77.0 Å². The second-order valence-electron chi connectivity index (χ2n) is 8.45. The summed E-state index contributed by atoms with van der Waals surface area (Å²) in [7, 11) is 0. The third kappa shape index (κ3) is 2.59. The Kier molecular flexibility index (Phi) is 3.58. The molecule has 29 heavy (non-hydrogen) atoms. The molecule has 1 aliphatic rings. The molecule has 0 N–H and O–H groups in total. The van der Waals surface area contributed by atoms with Crippen LogP contribution in [0.2, 0.25) is 0 Å². The molecule has 0 bridgehead atoms. The lowest BCUT2D eigenvalue weighted by atomic mass is 9.90. The van der Waals surface area contributed by atoms with Crippen molar-refractivity contribution in [1.82, 2.24) is 4.98 Å². The van der Waals surface area contributed by atoms with Crippen LogP contribution < -0.4 is 0 Å². The molecule has 3 aromatic carbocycles. The lowest BCUT2D eigenvalue weighted by Crippen LogP contribution is -2.01. The van der Waals surface area contributed by atoms with Gasteiger partial charge in [-0.2, -0.15) is 0 Å². The molecule has 0 aliphatic heterocycles. The van der Waals surface area contributed by atoms with E-state index in [-0.39, 0.29) is 0 Å². The summed E-state index contributed by atoms with van der Waals surface area (Å²) >= 11 is 0. The van der Waals surface area contributed by atoms with Crippen LogP contribution in [0.5, 0.6) is 0 Å². The highest BCUT2D eigenvalue weighted by atomic mass is 16.3. The van der Waals surface area contributed by atoms with Gasteiger partial charge >= 0.3 is 0 Å². The molecule has 0 radical (unpaired) electrons. The van der Waals surface area contributed by atoms with Gasteiger partial charge in [0.15, 0.2) is 0 Å². The van der Waals surface area contributed by atoms with Crippen LogP contribution in [0.3, 0.4) is 0 Å². The first-order chi connectivity index (χ1) is 14.2. The number of hydrogen-bond acceptors (Lipinski definition) is 2. The van der Waals surface area contributed by atoms with Gasteiger partial charge in [0.1, 0.15) is 11.2 Å². The fourth-order valence-corrected chi connectivity index (χ4v) is 4.79. The van der Waals surface area contributed by atoms with E-state index in [4.69, 9.17) is 9.40 Å². The average molecular weight is 377 g/mol. The third-order valence-corrected chi connectivity index (χ3v) is 6.60. The monoisotopic (exact) mass is 377 g/mol. The van der Waals surface area contributed by atoms with Crippen molar-refractivity contribution < 1.29 is 4.42 Å². The Morgan fingerprint density at radius 1 is 0.724 bits per heavy atom. The van der Waals surface area contributed by atoms with Crippen molar-refractivity contribution in [1.29, 1.82) is 0 Å². The molecule has 2 aromatic heterocycles. The van der Waals surface area contributed by atoms with Crippen LogP contribution in [0.1, 0.15) is 35.1 Å². The normalized spacial score (nSPS) is 14.0. The molecule has 5 aromatic rings. The number of aromatic nitrogens is 1. The van der Waals surface area contributed by atoms with Crippen LogP contribution in [-0.2, 0) is 12.8 Å². The number of hydrogen-bond donors (Lipinski definition) is 0. The predicted octanol–water partition coefficient (Wildman–Crippen LogP) is 7.30. The minimum Gasteiger partial charge on any atom is -0.456 e. The Bertz CT molecular complexity index is 1420. The first-order valence-electron chi connectivity index (χ1n) is 10.5. The summed E-state index contributed by atoms with van der Waals surface area (Å²) in [5.41, 5.74) is 9.74. The molecular formula is C27H23NO. The molecule has 2 nitrogen and oxygen atoms in total. The van der Waals surface area contributed by atoms with Gasteiger partial charge in [0.25, 0.3) is 0 Å². The van der Waals surface area contributed by atoms with Crippen LogP contribution in [0.15, 0.2) is 59.1 Å². The lowest BCUT2D eigenvalue weighted by molar-refractivity contribution is 0.660. The van der Waals surface area contributed by atoms with Crippen molar-refractivity contribution in [3.8, 4) is 11.3 Å². The highest BCUT2D eigenvalue weighted by Gasteiger charge is 2.16. The van der Waals surface area contributed by atoms with Gasteiger partial charge in [-0.1, -0.05) is 12.1 Å². The molecule has 0 fully saturated rings. The minimum absolute atomic E-state index is 0.965. The summed E-state index contributed by atoms with van der Waals surface area (Å²) in [6, 6.07) is 17.8. The van der Waals surface area contributed by atoms with E-state index in [0.29, 0.717) is 0 Å². The Morgan fingerprint density at radius 3 is 2.31 bits per heavy atom. The maximum atomic E-state index is 6.29. The van der Waals surface area contributed by atoms with E-state index in [1.165, 1.54) is 75.0 Å². The van der Waals surface area contributed by atoms with Crippen molar-refractivity contribution in [2.24, 2.45) is 0 Å². The van der Waals surface area contributed by atoms with Crippen LogP contribution in [-0.4, -0.2) is 4.98 Å². The van der Waals surface area contributed by atoms with E-state index in [2.05, 4.69) is 62.4 Å². The van der Waals surface area contributed by atoms with Gasteiger partial charge in [-0.25, -0.2) is 0 Å². The van der Waals surface area contributed by atoms with E-state index >= 15 is 0 Å². The molecule has 2 heterocycles. The van der Waals surface area contributed by atoms with E-state index in [1.807, 2.05) is 6.20 Å². The predicted molar refractivity (Wildman–Crippen MR) is 121 cm³/mol. The fourth-order valence-electron chi connectivity index (χ4n) is 4.79. The Hall–Kier alpha value is -3.13. The molecule has 0 unspecified atom stereocenters. The molecule has 2 heteroatoms. The summed E-state index contributed by atoms with van der Waals surface area (Å²) < 4.78 is 6.29. The Labute approximate surface area is 170 Å². The largest absolute Gasteiger partial charge is 0.456 e. The summed E-state index contributed by atoms with van der Waals surface area (Å²) in [5, 5.41) is 4.78. The molecule has 0 saturated heterocycles. The van der Waals surface area contributed by atoms with Crippen LogP contribution >= 0.6 is 0 Å². The van der Waals surface area contributed by atoms with Crippen LogP contribution in [0.25, 0.3) is 44.0 Å². The van der Waals surface area contributed by atoms with Gasteiger partial charge < -0.3 is 4.42 Å². The number of furan rings is 1. The SMILES string of the molecule is Cc1ccc(-c2nccc3cc4oc5cc6c(cc5c4cc23)CCCC6)cc1C. The average Bonchev–Trinajstić information content (AvgIpc) is 3.08. The van der Waals surface area contributed by atoms with Gasteiger partial charge in [-0.3, -0.25) is 4.98 Å². The van der Waals surface area contributed by atoms with Crippen molar-refractivity contribution in [3.63, 3.8) is 0 Å². The van der Waals surface area contributed by atoms with Crippen LogP contribution in [0, 0.1) is 13.8 Å². The van der Waals surface area contributed by atoms with E-state index in [0.717, 1.165) is 16.9 Å². The second kappa shape index (κ2) is 6.18. The maximum Gasteiger partial charge on any atom is 0.136 e. The Balaban J connectivity index is 1.65. The molecular weight excluding hydrogens is 354 g/mol. The Morgan fingerprint density at radius 2 is 1.48 bits per heavy atom. The molecule has 1 aliphatic carbocycles. The minimum atomic E-state index is 0.965. The van der Waals surface area contributed by atoms with Gasteiger partial charge in [-0.15, -0.1) is 0 Å². The summed E-state index contributed by atoms with van der Waals surface area (Å²) in [6.07, 6.45) is 6.83. The number of rotatable bonds is 1. The zero-order valence-electron chi connectivity index (χ0n) is 16.9. The number of nitrogens with zero attached hydrogens (tertiary/aromatic N) is 1. The first-order valence-corrected chi connectivity index (χ1v) is 10.5. The van der Waals surface area contributed by atoms with E-state index in [9.17, 15) is 0 Å². The van der Waals surface area contributed by atoms with Crippen molar-refractivity contribution in [2.45, 2.75) is 39.5 Å². The first kappa shape index (κ1) is 16.8. The highest BCUT2D eigenvalue weighted by molar-refractivity contribution is 6.12. The summed E-state index contributed by atoms with van der Waals surface area (Å²) in [5.74, 6) is 0. The summed E-state index contributed by atoms with van der Waals surface area (Å²) in [4.78, 5) is 4.76. The van der Waals surface area contributed by atoms with Gasteiger partial charge in [-0.05, 0) is 104 Å². The van der Waals surface area contributed by atoms with E-state index < -0.39 is 0 Å². The molecule has 0 saturated carbocycles. The van der Waals surface area contributed by atoms with Crippen LogP contribution in [0.4, 0.5) is 0 Å². The van der Waals surface area contributed by atoms with Crippen molar-refractivity contribution >= 4 is 32.7 Å². The van der Waals surface area contributed by atoms with Gasteiger partial charge in [0, 0.05) is 27.9 Å². The van der Waals surface area contributed by atoms with Gasteiger partial charge in [0.2, 0.25) is 0 Å². The number of aryl methyl sites for hydroxylation is 4. The molecule has 0 amide bonds. The van der Waals surface area contributed by atoms with E-state index in [1.54, 1.807) is 0 Å². The quantitative estimate of drug-likeness (QED) is 0.306. The molecule has 0 spiro atoms. The molecule has 142 valence electrons. The zero-order valence-corrected chi connectivity index (χ0v) is 16.9. The zero-order chi connectivity index (χ0) is 19.5. The molecule has 0 atom stereocenters. The van der Waals surface area contributed by atoms with Crippen molar-refractivity contribution in [2.75, 3.05) is 0 Å². The number of pyridine rings is 1. The van der Waals surface area contributed by atoms with Gasteiger partial charge in [0.05, 0.1) is 5.69 Å². The fraction of sp³-hybridized carbons (Fsp3) is 0.222. The number of fused-ring (bicyclic) bond motifs is 5. The summed E-state index contributed by atoms with van der Waals surface area (Å²) in [6.45, 7) is 4.31. The standard InChI is InChI=1S/C27H23NO/c1-16-7-8-21(11-17(16)2)27-22-15-24-23-12-18-5-3-4-6-19(18)13-25(23)29-26(24)14-20(22)9-10-28-27/h7-15H,3-6H2,1-2H3. The second-order valence-corrected chi connectivity index (χ2v) is 8.45. The number of benzene rings is 3. The third-order valence-electron chi connectivity index (χ3n) is 6.60. The topological polar surface area (TPSA) is 26.0 Å². The highest BCUT2D eigenvalue weighted by Crippen LogP contribution is 2.37. The maximum absolute atomic E-state index is 6.29. The molecule has 6 rings (SSSR count). The lowest BCUT2D eigenvalue weighted by Gasteiger charge is -2.14.